The van der Waals surface area contributed by atoms with Gasteiger partial charge in [-0.1, -0.05) is 24.3 Å². The van der Waals surface area contributed by atoms with Crippen molar-refractivity contribution in [2.45, 2.75) is 13.0 Å². The van der Waals surface area contributed by atoms with Crippen LogP contribution in [-0.2, 0) is 13.0 Å². The number of hydrogen-bond donors (Lipinski definition) is 2. The van der Waals surface area contributed by atoms with Crippen LogP contribution in [0.5, 0.6) is 11.5 Å². The molecule has 0 aliphatic carbocycles. The molecule has 0 amide bonds. The van der Waals surface area contributed by atoms with Crippen molar-refractivity contribution >= 4 is 0 Å². The minimum Gasteiger partial charge on any atom is -0.497 e. The molecule has 4 nitrogen and oxygen atoms in total. The Balaban J connectivity index is 1.64. The highest BCUT2D eigenvalue weighted by Gasteiger charge is 2.04. The van der Waals surface area contributed by atoms with Gasteiger partial charge in [-0.15, -0.1) is 0 Å². The number of hydrogen-bond acceptors (Lipinski definition) is 4. The van der Waals surface area contributed by atoms with Crippen LogP contribution in [-0.4, -0.2) is 33.9 Å². The van der Waals surface area contributed by atoms with Gasteiger partial charge in [-0.3, -0.25) is 0 Å². The highest BCUT2D eigenvalue weighted by molar-refractivity contribution is 5.40. The van der Waals surface area contributed by atoms with Gasteiger partial charge in [0.1, 0.15) is 17.3 Å². The van der Waals surface area contributed by atoms with Crippen LogP contribution in [0.4, 0.5) is 4.39 Å². The van der Waals surface area contributed by atoms with Gasteiger partial charge in [0.25, 0.3) is 0 Å². The molecule has 130 valence electrons. The lowest BCUT2D eigenvalue weighted by Gasteiger charge is -2.11. The lowest BCUT2D eigenvalue weighted by molar-refractivity contribution is 0.390. The van der Waals surface area contributed by atoms with E-state index in [1.54, 1.807) is 20.3 Å². The van der Waals surface area contributed by atoms with Gasteiger partial charge in [0, 0.05) is 31.3 Å². The molecule has 0 saturated heterocycles. The van der Waals surface area contributed by atoms with E-state index < -0.39 is 0 Å². The van der Waals surface area contributed by atoms with Gasteiger partial charge < -0.3 is 20.1 Å². The first-order valence-corrected chi connectivity index (χ1v) is 8.10. The first-order valence-electron chi connectivity index (χ1n) is 8.10. The summed E-state index contributed by atoms with van der Waals surface area (Å²) in [6, 6.07) is 12.7. The summed E-state index contributed by atoms with van der Waals surface area (Å²) in [7, 11) is 3.29. The smallest absolute Gasteiger partial charge is 0.127 e. The molecule has 0 spiro atoms. The van der Waals surface area contributed by atoms with Gasteiger partial charge >= 0.3 is 0 Å². The molecule has 2 N–H and O–H groups in total. The Morgan fingerprint density at radius 3 is 2.42 bits per heavy atom. The van der Waals surface area contributed by atoms with Gasteiger partial charge in [-0.25, -0.2) is 4.39 Å². The first kappa shape index (κ1) is 18.2. The van der Waals surface area contributed by atoms with Crippen LogP contribution in [0.3, 0.4) is 0 Å². The van der Waals surface area contributed by atoms with E-state index in [2.05, 4.69) is 10.6 Å². The molecule has 0 fully saturated rings. The molecule has 0 aromatic heterocycles. The summed E-state index contributed by atoms with van der Waals surface area (Å²) in [5.41, 5.74) is 1.84. The van der Waals surface area contributed by atoms with Gasteiger partial charge in [0.2, 0.25) is 0 Å². The predicted molar refractivity (Wildman–Crippen MR) is 94.2 cm³/mol. The van der Waals surface area contributed by atoms with Gasteiger partial charge in [-0.05, 0) is 30.7 Å². The fourth-order valence-corrected chi connectivity index (χ4v) is 2.45. The molecule has 5 heteroatoms. The fraction of sp³-hybridized carbons (Fsp3) is 0.368. The topological polar surface area (TPSA) is 42.5 Å². The maximum atomic E-state index is 13.5. The quantitative estimate of drug-likeness (QED) is 0.657. The summed E-state index contributed by atoms with van der Waals surface area (Å²) >= 11 is 0. The minimum atomic E-state index is -0.135. The largest absolute Gasteiger partial charge is 0.497 e. The maximum absolute atomic E-state index is 13.5. The second-order valence-corrected chi connectivity index (χ2v) is 5.45. The molecular weight excluding hydrogens is 307 g/mol. The summed E-state index contributed by atoms with van der Waals surface area (Å²) in [6.07, 6.45) is 0.693. The summed E-state index contributed by atoms with van der Waals surface area (Å²) < 4.78 is 24.0. The third-order valence-corrected chi connectivity index (χ3v) is 3.82. The lowest BCUT2D eigenvalue weighted by Crippen LogP contribution is -2.28. The Kier molecular flexibility index (Phi) is 7.52. The van der Waals surface area contributed by atoms with Crippen LogP contribution < -0.4 is 20.1 Å². The van der Waals surface area contributed by atoms with Gasteiger partial charge in [0.05, 0.1) is 14.2 Å². The molecule has 2 aromatic carbocycles. The molecule has 0 aliphatic heterocycles. The molecular formula is C19H25FN2O2. The molecule has 0 bridgehead atoms. The van der Waals surface area contributed by atoms with Crippen LogP contribution in [0, 0.1) is 5.82 Å². The second-order valence-electron chi connectivity index (χ2n) is 5.45. The molecule has 24 heavy (non-hydrogen) atoms. The zero-order valence-electron chi connectivity index (χ0n) is 14.3. The monoisotopic (exact) mass is 332 g/mol. The Hall–Kier alpha value is -2.11. The van der Waals surface area contributed by atoms with Crippen molar-refractivity contribution in [1.82, 2.24) is 10.6 Å². The van der Waals surface area contributed by atoms with Crippen LogP contribution in [0.15, 0.2) is 42.5 Å². The molecule has 0 aliphatic rings. The van der Waals surface area contributed by atoms with Crippen molar-refractivity contribution in [2.24, 2.45) is 0 Å². The molecule has 0 saturated carbocycles. The number of benzene rings is 2. The first-order chi connectivity index (χ1) is 11.7. The van der Waals surface area contributed by atoms with E-state index in [0.29, 0.717) is 6.42 Å². The summed E-state index contributed by atoms with van der Waals surface area (Å²) in [4.78, 5) is 0. The van der Waals surface area contributed by atoms with E-state index in [-0.39, 0.29) is 5.82 Å². The van der Waals surface area contributed by atoms with Crippen molar-refractivity contribution in [3.8, 4) is 11.5 Å². The number of halogens is 1. The zero-order chi connectivity index (χ0) is 17.2. The van der Waals surface area contributed by atoms with Crippen molar-refractivity contribution in [2.75, 3.05) is 33.9 Å². The van der Waals surface area contributed by atoms with Crippen LogP contribution in [0.2, 0.25) is 0 Å². The third kappa shape index (κ3) is 5.51. The van der Waals surface area contributed by atoms with Crippen LogP contribution in [0.25, 0.3) is 0 Å². The second kappa shape index (κ2) is 9.90. The Morgan fingerprint density at radius 2 is 1.67 bits per heavy atom. The number of ether oxygens (including phenoxy) is 2. The normalized spacial score (nSPS) is 10.6. The van der Waals surface area contributed by atoms with Gasteiger partial charge in [0.15, 0.2) is 0 Å². The standard InChI is InChI=1S/C19H25FN2O2/c1-23-17-8-7-16(19(13-17)24-2)14-22-12-11-21-10-9-15-5-3-4-6-18(15)20/h3-8,13,21-22H,9-12,14H2,1-2H3. The number of rotatable bonds is 10. The number of methoxy groups -OCH3 is 2. The van der Waals surface area contributed by atoms with E-state index >= 15 is 0 Å². The zero-order valence-corrected chi connectivity index (χ0v) is 14.3. The van der Waals surface area contributed by atoms with E-state index in [1.807, 2.05) is 30.3 Å². The molecule has 2 aromatic rings. The van der Waals surface area contributed by atoms with Crippen molar-refractivity contribution in [3.63, 3.8) is 0 Å². The Labute approximate surface area is 143 Å². The third-order valence-electron chi connectivity index (χ3n) is 3.82. The van der Waals surface area contributed by atoms with Crippen molar-refractivity contribution in [3.05, 3.63) is 59.4 Å². The molecule has 0 heterocycles. The van der Waals surface area contributed by atoms with Crippen LogP contribution >= 0.6 is 0 Å². The van der Waals surface area contributed by atoms with Crippen LogP contribution in [0.1, 0.15) is 11.1 Å². The summed E-state index contributed by atoms with van der Waals surface area (Å²) in [5, 5.41) is 6.68. The van der Waals surface area contributed by atoms with E-state index in [0.717, 1.165) is 48.8 Å². The molecule has 0 unspecified atom stereocenters. The predicted octanol–water partition coefficient (Wildman–Crippen LogP) is 2.76. The summed E-state index contributed by atoms with van der Waals surface area (Å²) in [6.45, 7) is 3.13. The van der Waals surface area contributed by atoms with E-state index in [1.165, 1.54) is 6.07 Å². The highest BCUT2D eigenvalue weighted by atomic mass is 19.1. The number of nitrogens with one attached hydrogen (secondary N) is 2. The average Bonchev–Trinajstić information content (AvgIpc) is 2.62. The van der Waals surface area contributed by atoms with Crippen molar-refractivity contribution in [1.29, 1.82) is 0 Å². The van der Waals surface area contributed by atoms with E-state index in [4.69, 9.17) is 9.47 Å². The highest BCUT2D eigenvalue weighted by Crippen LogP contribution is 2.24. The molecule has 0 radical (unpaired) electrons. The van der Waals surface area contributed by atoms with E-state index in [9.17, 15) is 4.39 Å². The van der Waals surface area contributed by atoms with Crippen molar-refractivity contribution < 1.29 is 13.9 Å². The fourth-order valence-electron chi connectivity index (χ4n) is 2.45. The minimum absolute atomic E-state index is 0.135. The molecule has 2 rings (SSSR count). The Morgan fingerprint density at radius 1 is 0.875 bits per heavy atom. The average molecular weight is 332 g/mol. The maximum Gasteiger partial charge on any atom is 0.127 e. The lowest BCUT2D eigenvalue weighted by atomic mass is 10.1. The summed E-state index contributed by atoms with van der Waals surface area (Å²) in [5.74, 6) is 1.46. The Bertz CT molecular complexity index is 635. The molecule has 0 atom stereocenters. The van der Waals surface area contributed by atoms with Gasteiger partial charge in [-0.2, -0.15) is 0 Å². The SMILES string of the molecule is COc1ccc(CNCCNCCc2ccccc2F)c(OC)c1.